The average molecular weight is 451 g/mol. The number of nitrogens with zero attached hydrogens (tertiary/aromatic N) is 5. The van der Waals surface area contributed by atoms with Crippen LogP contribution in [0.3, 0.4) is 0 Å². The number of methoxy groups -OCH3 is 2. The molecule has 1 fully saturated rings. The summed E-state index contributed by atoms with van der Waals surface area (Å²) in [5.74, 6) is 3.01. The van der Waals surface area contributed by atoms with Crippen molar-refractivity contribution in [2.75, 3.05) is 37.5 Å². The Bertz CT molecular complexity index is 1160. The van der Waals surface area contributed by atoms with E-state index < -0.39 is 0 Å². The molecule has 2 aliphatic heterocycles. The lowest BCUT2D eigenvalue weighted by molar-refractivity contribution is -0.120. The van der Waals surface area contributed by atoms with Gasteiger partial charge in [-0.15, -0.1) is 0 Å². The first kappa shape index (κ1) is 21.5. The topological polar surface area (TPSA) is 94.4 Å². The number of carbonyl (C=O) groups is 1. The fourth-order valence-electron chi connectivity index (χ4n) is 4.88. The molecule has 0 aliphatic carbocycles. The molecule has 0 unspecified atom stereocenters. The van der Waals surface area contributed by atoms with Gasteiger partial charge in [-0.1, -0.05) is 6.42 Å². The fraction of sp³-hybridized carbons (Fsp3) is 0.500. The van der Waals surface area contributed by atoms with Gasteiger partial charge in [-0.05, 0) is 37.8 Å². The highest BCUT2D eigenvalue weighted by atomic mass is 16.5. The molecular weight excluding hydrogens is 420 g/mol. The Morgan fingerprint density at radius 3 is 2.85 bits per heavy atom. The summed E-state index contributed by atoms with van der Waals surface area (Å²) in [4.78, 5) is 29.4. The minimum absolute atomic E-state index is 0.0194. The molecule has 0 radical (unpaired) electrons. The van der Waals surface area contributed by atoms with Crippen LogP contribution in [0.2, 0.25) is 0 Å². The maximum absolute atomic E-state index is 13.2. The molecule has 1 N–H and O–H groups in total. The third kappa shape index (κ3) is 4.19. The largest absolute Gasteiger partial charge is 0.497 e. The van der Waals surface area contributed by atoms with E-state index >= 15 is 0 Å². The molecule has 33 heavy (non-hydrogen) atoms. The molecule has 2 aromatic heterocycles. The van der Waals surface area contributed by atoms with E-state index in [0.717, 1.165) is 68.0 Å². The molecule has 0 saturated carbocycles. The van der Waals surface area contributed by atoms with Gasteiger partial charge in [0.1, 0.15) is 23.7 Å². The Hall–Kier alpha value is -3.36. The molecule has 9 heteroatoms. The zero-order chi connectivity index (χ0) is 22.8. The van der Waals surface area contributed by atoms with Crippen LogP contribution in [0.4, 0.5) is 11.5 Å². The van der Waals surface area contributed by atoms with Gasteiger partial charge in [-0.2, -0.15) is 0 Å². The summed E-state index contributed by atoms with van der Waals surface area (Å²) < 4.78 is 12.9. The number of carbonyl (C=O) groups excluding carboxylic acids is 1. The normalized spacial score (nSPS) is 18.5. The monoisotopic (exact) mass is 450 g/mol. The first-order valence-electron chi connectivity index (χ1n) is 11.7. The van der Waals surface area contributed by atoms with Crippen LogP contribution in [0.15, 0.2) is 24.5 Å². The number of aromatic nitrogens is 4. The van der Waals surface area contributed by atoms with Crippen molar-refractivity contribution in [1.82, 2.24) is 19.5 Å². The van der Waals surface area contributed by atoms with Crippen LogP contribution < -0.4 is 19.7 Å². The van der Waals surface area contributed by atoms with Gasteiger partial charge >= 0.3 is 0 Å². The summed E-state index contributed by atoms with van der Waals surface area (Å²) >= 11 is 0. The van der Waals surface area contributed by atoms with Gasteiger partial charge in [0.15, 0.2) is 17.0 Å². The third-order valence-electron chi connectivity index (χ3n) is 6.63. The second-order valence-electron chi connectivity index (χ2n) is 8.70. The molecule has 9 nitrogen and oxygen atoms in total. The first-order chi connectivity index (χ1) is 16.2. The molecule has 1 aromatic carbocycles. The van der Waals surface area contributed by atoms with E-state index in [1.165, 1.54) is 6.42 Å². The molecule has 1 atom stereocenters. The van der Waals surface area contributed by atoms with E-state index in [1.54, 1.807) is 26.6 Å². The van der Waals surface area contributed by atoms with Crippen molar-refractivity contribution in [2.24, 2.45) is 5.92 Å². The SMILES string of the molecule is COc1ccc(NC(=O)[C@@H]2CCCN(c3ncnc4c3nc3n4CCCCC3)C2)c(OC)c1. The Balaban J connectivity index is 1.36. The number of amides is 1. The number of imidazole rings is 1. The molecule has 0 bridgehead atoms. The summed E-state index contributed by atoms with van der Waals surface area (Å²) in [6.45, 7) is 2.40. The second kappa shape index (κ2) is 9.25. The van der Waals surface area contributed by atoms with Crippen molar-refractivity contribution >= 4 is 28.6 Å². The number of aryl methyl sites for hydroxylation is 2. The second-order valence-corrected chi connectivity index (χ2v) is 8.70. The van der Waals surface area contributed by atoms with Crippen LogP contribution in [0.25, 0.3) is 11.2 Å². The summed E-state index contributed by atoms with van der Waals surface area (Å²) in [6, 6.07) is 5.39. The van der Waals surface area contributed by atoms with Crippen molar-refractivity contribution in [3.63, 3.8) is 0 Å². The number of fused-ring (bicyclic) bond motifs is 3. The van der Waals surface area contributed by atoms with Crippen molar-refractivity contribution in [1.29, 1.82) is 0 Å². The smallest absolute Gasteiger partial charge is 0.229 e. The van der Waals surface area contributed by atoms with Gasteiger partial charge in [0.25, 0.3) is 0 Å². The molecule has 174 valence electrons. The van der Waals surface area contributed by atoms with E-state index in [4.69, 9.17) is 14.5 Å². The van der Waals surface area contributed by atoms with Crippen molar-refractivity contribution in [3.05, 3.63) is 30.4 Å². The number of hydrogen-bond acceptors (Lipinski definition) is 7. The third-order valence-corrected chi connectivity index (χ3v) is 6.63. The molecular formula is C24H30N6O3. The van der Waals surface area contributed by atoms with E-state index in [-0.39, 0.29) is 11.8 Å². The van der Waals surface area contributed by atoms with E-state index in [1.807, 2.05) is 12.1 Å². The van der Waals surface area contributed by atoms with Crippen LogP contribution in [0.5, 0.6) is 11.5 Å². The maximum atomic E-state index is 13.2. The Kier molecular flexibility index (Phi) is 6.02. The van der Waals surface area contributed by atoms with E-state index in [2.05, 4.69) is 24.8 Å². The lowest BCUT2D eigenvalue weighted by Gasteiger charge is -2.32. The zero-order valence-corrected chi connectivity index (χ0v) is 19.2. The summed E-state index contributed by atoms with van der Waals surface area (Å²) in [5.41, 5.74) is 2.40. The van der Waals surface area contributed by atoms with Crippen LogP contribution in [0.1, 0.15) is 37.9 Å². The Morgan fingerprint density at radius 2 is 2.00 bits per heavy atom. The van der Waals surface area contributed by atoms with E-state index in [9.17, 15) is 4.79 Å². The lowest BCUT2D eigenvalue weighted by Crippen LogP contribution is -2.41. The molecule has 5 rings (SSSR count). The van der Waals surface area contributed by atoms with Crippen LogP contribution in [0, 0.1) is 5.92 Å². The van der Waals surface area contributed by atoms with Crippen molar-refractivity contribution < 1.29 is 14.3 Å². The minimum atomic E-state index is -0.156. The number of ether oxygens (including phenoxy) is 2. The number of hydrogen-bond donors (Lipinski definition) is 1. The highest BCUT2D eigenvalue weighted by Crippen LogP contribution is 2.32. The number of anilines is 2. The standard InChI is InChI=1S/C24H30N6O3/c1-32-17-9-10-18(19(13-17)33-2)27-24(31)16-7-6-11-29(14-16)22-21-23(26-15-25-22)30-12-5-3-4-8-20(30)28-21/h9-10,13,15-16H,3-8,11-12,14H2,1-2H3,(H,27,31)/t16-/m1/s1. The predicted octanol–water partition coefficient (Wildman–Crippen LogP) is 3.43. The van der Waals surface area contributed by atoms with Gasteiger partial charge in [0.05, 0.1) is 25.8 Å². The summed E-state index contributed by atoms with van der Waals surface area (Å²) in [7, 11) is 3.19. The Morgan fingerprint density at radius 1 is 1.09 bits per heavy atom. The molecule has 2 aliphatic rings. The van der Waals surface area contributed by atoms with Crippen LogP contribution in [-0.4, -0.2) is 52.7 Å². The van der Waals surface area contributed by atoms with Gasteiger partial charge < -0.3 is 24.3 Å². The molecule has 0 spiro atoms. The van der Waals surface area contributed by atoms with Crippen LogP contribution >= 0.6 is 0 Å². The van der Waals surface area contributed by atoms with Gasteiger partial charge in [0.2, 0.25) is 5.91 Å². The van der Waals surface area contributed by atoms with Crippen molar-refractivity contribution in [2.45, 2.75) is 45.1 Å². The number of nitrogens with one attached hydrogen (secondary N) is 1. The van der Waals surface area contributed by atoms with Crippen molar-refractivity contribution in [3.8, 4) is 11.5 Å². The average Bonchev–Trinajstić information content (AvgIpc) is 3.04. The van der Waals surface area contributed by atoms with Gasteiger partial charge in [-0.25, -0.2) is 15.0 Å². The Labute approximate surface area is 193 Å². The molecule has 1 amide bonds. The number of piperidine rings is 1. The van der Waals surface area contributed by atoms with E-state index in [0.29, 0.717) is 23.7 Å². The summed E-state index contributed by atoms with van der Waals surface area (Å²) in [5, 5.41) is 3.04. The quantitative estimate of drug-likeness (QED) is 0.636. The minimum Gasteiger partial charge on any atom is -0.497 e. The van der Waals surface area contributed by atoms with Gasteiger partial charge in [0, 0.05) is 32.1 Å². The molecule has 3 aromatic rings. The lowest BCUT2D eigenvalue weighted by atomic mass is 9.97. The van der Waals surface area contributed by atoms with Crippen LogP contribution in [-0.2, 0) is 17.8 Å². The highest BCUT2D eigenvalue weighted by molar-refractivity contribution is 5.95. The summed E-state index contributed by atoms with van der Waals surface area (Å²) in [6.07, 6.45) is 7.88. The first-order valence-corrected chi connectivity index (χ1v) is 11.7. The predicted molar refractivity (Wildman–Crippen MR) is 126 cm³/mol. The number of benzene rings is 1. The fourth-order valence-corrected chi connectivity index (χ4v) is 4.88. The number of rotatable bonds is 5. The molecule has 1 saturated heterocycles. The maximum Gasteiger partial charge on any atom is 0.229 e. The molecule has 4 heterocycles. The van der Waals surface area contributed by atoms with Gasteiger partial charge in [-0.3, -0.25) is 4.79 Å². The highest BCUT2D eigenvalue weighted by Gasteiger charge is 2.29. The zero-order valence-electron chi connectivity index (χ0n) is 19.2.